The van der Waals surface area contributed by atoms with Crippen LogP contribution in [0.15, 0.2) is 42.5 Å². The number of hydrogen-bond donors (Lipinski definition) is 8. The number of anilines is 1. The summed E-state index contributed by atoms with van der Waals surface area (Å²) >= 11 is 0. The second kappa shape index (κ2) is 15.0. The summed E-state index contributed by atoms with van der Waals surface area (Å²) in [6.07, 6.45) is -4.91. The average Bonchev–Trinajstić information content (AvgIpc) is 2.91. The molecule has 238 valence electrons. The Kier molecular flexibility index (Phi) is 12.3. The van der Waals surface area contributed by atoms with Crippen molar-refractivity contribution in [2.45, 2.75) is 121 Å². The van der Waals surface area contributed by atoms with Gasteiger partial charge in [-0.3, -0.25) is 0 Å². The van der Waals surface area contributed by atoms with E-state index in [1.807, 2.05) is 39.8 Å². The molecule has 2 amide bonds. The Hall–Kier alpha value is -2.13. The molecule has 2 heterocycles. The Morgan fingerprint density at radius 3 is 2.43 bits per heavy atom. The van der Waals surface area contributed by atoms with Gasteiger partial charge in [0, 0.05) is 24.9 Å². The maximum absolute atomic E-state index is 12.9. The molecule has 2 fully saturated rings. The van der Waals surface area contributed by atoms with Gasteiger partial charge in [0.25, 0.3) is 0 Å². The van der Waals surface area contributed by atoms with Crippen molar-refractivity contribution in [3.8, 4) is 0 Å². The smallest absolute Gasteiger partial charge is 0.319 e. The van der Waals surface area contributed by atoms with Crippen LogP contribution < -0.4 is 16.4 Å². The van der Waals surface area contributed by atoms with Gasteiger partial charge in [-0.05, 0) is 30.9 Å². The van der Waals surface area contributed by atoms with Gasteiger partial charge in [0.05, 0.1) is 48.7 Å². The third-order valence-electron chi connectivity index (χ3n) is 7.72. The second-order valence-corrected chi connectivity index (χ2v) is 12.2. The number of benzene rings is 1. The van der Waals surface area contributed by atoms with Gasteiger partial charge in [-0.15, -0.1) is 0 Å². The summed E-state index contributed by atoms with van der Waals surface area (Å²) in [6, 6.07) is 6.24. The van der Waals surface area contributed by atoms with Gasteiger partial charge >= 0.3 is 6.03 Å². The predicted molar refractivity (Wildman–Crippen MR) is 156 cm³/mol. The number of amides is 2. The van der Waals surface area contributed by atoms with Gasteiger partial charge < -0.3 is 56.1 Å². The number of aliphatic hydroxyl groups excluding tert-OH is 4. The zero-order chi connectivity index (χ0) is 31.2. The Balaban J connectivity index is 1.87. The van der Waals surface area contributed by atoms with E-state index in [1.54, 1.807) is 37.3 Å². The first-order chi connectivity index (χ1) is 19.7. The van der Waals surface area contributed by atoms with Crippen LogP contribution in [-0.2, 0) is 14.2 Å². The maximum Gasteiger partial charge on any atom is 0.319 e. The summed E-state index contributed by atoms with van der Waals surface area (Å²) < 4.78 is 18.0. The molecule has 9 N–H and O–H groups in total. The van der Waals surface area contributed by atoms with E-state index in [9.17, 15) is 30.3 Å². The van der Waals surface area contributed by atoms with Crippen molar-refractivity contribution in [2.24, 2.45) is 17.6 Å². The van der Waals surface area contributed by atoms with E-state index in [2.05, 4.69) is 10.6 Å². The van der Waals surface area contributed by atoms with Crippen LogP contribution in [0.1, 0.15) is 53.9 Å². The average molecular weight is 596 g/mol. The molecule has 0 saturated carbocycles. The van der Waals surface area contributed by atoms with Crippen LogP contribution in [0, 0.1) is 11.8 Å². The van der Waals surface area contributed by atoms with Crippen LogP contribution in [0.3, 0.4) is 0 Å². The minimum atomic E-state index is -1.88. The predicted octanol–water partition coefficient (Wildman–Crippen LogP) is 1.20. The fourth-order valence-corrected chi connectivity index (χ4v) is 5.13. The van der Waals surface area contributed by atoms with Crippen molar-refractivity contribution in [3.05, 3.63) is 42.5 Å². The molecule has 0 spiro atoms. The highest BCUT2D eigenvalue weighted by Crippen LogP contribution is 2.35. The van der Waals surface area contributed by atoms with Gasteiger partial charge in [0.2, 0.25) is 0 Å². The summed E-state index contributed by atoms with van der Waals surface area (Å²) in [5.41, 5.74) is 6.55. The highest BCUT2D eigenvalue weighted by molar-refractivity contribution is 5.89. The SMILES string of the molecule is CC(C)/C=C/C(C[C@@H]1OC(O)(CC(O)C(C)C)C[C@H](O)[C@H]1NC(=O)Nc1ccccc1)OC1OC(C)C(O)C(N)C1O. The van der Waals surface area contributed by atoms with Crippen LogP contribution in [0.25, 0.3) is 0 Å². The van der Waals surface area contributed by atoms with E-state index < -0.39 is 72.9 Å². The Labute approximate surface area is 247 Å². The topological polar surface area (TPSA) is 196 Å². The normalized spacial score (nSPS) is 35.4. The highest BCUT2D eigenvalue weighted by atomic mass is 16.7. The summed E-state index contributed by atoms with van der Waals surface area (Å²) in [7, 11) is 0. The molecule has 11 atom stereocenters. The molecule has 42 heavy (non-hydrogen) atoms. The van der Waals surface area contributed by atoms with Crippen LogP contribution in [0.5, 0.6) is 0 Å². The zero-order valence-corrected chi connectivity index (χ0v) is 25.0. The molecule has 1 aromatic rings. The molecule has 0 bridgehead atoms. The number of ether oxygens (including phenoxy) is 3. The van der Waals surface area contributed by atoms with E-state index >= 15 is 0 Å². The molecular weight excluding hydrogens is 546 g/mol. The Morgan fingerprint density at radius 1 is 1.14 bits per heavy atom. The van der Waals surface area contributed by atoms with Crippen molar-refractivity contribution < 1.29 is 44.5 Å². The highest BCUT2D eigenvalue weighted by Gasteiger charge is 2.49. The number of allylic oxidation sites excluding steroid dienone is 1. The summed E-state index contributed by atoms with van der Waals surface area (Å²) in [4.78, 5) is 12.9. The molecule has 1 aromatic carbocycles. The first-order valence-electron chi connectivity index (χ1n) is 14.7. The van der Waals surface area contributed by atoms with E-state index in [4.69, 9.17) is 19.9 Å². The zero-order valence-electron chi connectivity index (χ0n) is 25.0. The maximum atomic E-state index is 12.9. The minimum Gasteiger partial charge on any atom is -0.393 e. The lowest BCUT2D eigenvalue weighted by atomic mass is 9.86. The summed E-state index contributed by atoms with van der Waals surface area (Å²) in [6.45, 7) is 9.18. The first-order valence-corrected chi connectivity index (χ1v) is 14.7. The molecule has 12 nitrogen and oxygen atoms in total. The quantitative estimate of drug-likeness (QED) is 0.172. The lowest BCUT2D eigenvalue weighted by Crippen LogP contribution is -2.63. The van der Waals surface area contributed by atoms with Gasteiger partial charge in [-0.1, -0.05) is 58.0 Å². The van der Waals surface area contributed by atoms with Crippen molar-refractivity contribution >= 4 is 11.7 Å². The first kappa shape index (κ1) is 34.4. The number of carbonyl (C=O) groups is 1. The van der Waals surface area contributed by atoms with Gasteiger partial charge in [-0.25, -0.2) is 4.79 Å². The summed E-state index contributed by atoms with van der Waals surface area (Å²) in [5, 5.41) is 59.5. The van der Waals surface area contributed by atoms with Gasteiger partial charge in [0.1, 0.15) is 6.10 Å². The van der Waals surface area contributed by atoms with Gasteiger partial charge in [-0.2, -0.15) is 0 Å². The molecule has 0 aliphatic carbocycles. The molecule has 8 unspecified atom stereocenters. The molecule has 0 aromatic heterocycles. The van der Waals surface area contributed by atoms with Crippen LogP contribution in [-0.4, -0.2) is 98.5 Å². The van der Waals surface area contributed by atoms with E-state index in [1.165, 1.54) is 0 Å². The van der Waals surface area contributed by atoms with Crippen LogP contribution in [0.4, 0.5) is 10.5 Å². The van der Waals surface area contributed by atoms with Crippen molar-refractivity contribution in [3.63, 3.8) is 0 Å². The molecule has 2 aliphatic rings. The lowest BCUT2D eigenvalue weighted by molar-refractivity contribution is -0.303. The van der Waals surface area contributed by atoms with E-state index in [0.29, 0.717) is 5.69 Å². The van der Waals surface area contributed by atoms with E-state index in [0.717, 1.165) is 0 Å². The Morgan fingerprint density at radius 2 is 1.81 bits per heavy atom. The van der Waals surface area contributed by atoms with Crippen molar-refractivity contribution in [1.82, 2.24) is 5.32 Å². The second-order valence-electron chi connectivity index (χ2n) is 12.2. The van der Waals surface area contributed by atoms with Crippen LogP contribution in [0.2, 0.25) is 0 Å². The number of para-hydroxylation sites is 1. The molecule has 2 saturated heterocycles. The van der Waals surface area contributed by atoms with E-state index in [-0.39, 0.29) is 31.1 Å². The van der Waals surface area contributed by atoms with Crippen molar-refractivity contribution in [1.29, 1.82) is 0 Å². The summed E-state index contributed by atoms with van der Waals surface area (Å²) in [5.74, 6) is -1.91. The number of rotatable bonds is 11. The number of hydrogen-bond acceptors (Lipinski definition) is 10. The third kappa shape index (κ3) is 9.43. The molecular formula is C30H49N3O9. The monoisotopic (exact) mass is 595 g/mol. The largest absolute Gasteiger partial charge is 0.393 e. The number of carbonyl (C=O) groups excluding carboxylic acids is 1. The fourth-order valence-electron chi connectivity index (χ4n) is 5.13. The van der Waals surface area contributed by atoms with Gasteiger partial charge in [0.15, 0.2) is 12.1 Å². The Bertz CT molecular complexity index is 1010. The molecule has 2 aliphatic heterocycles. The number of aliphatic hydroxyl groups is 5. The molecule has 0 radical (unpaired) electrons. The number of urea groups is 1. The standard InChI is InChI=1S/C30H49N3O9/c1-16(2)11-12-20(41-28-27(37)24(31)26(36)18(5)40-28)13-23-25(33-29(38)32-19-9-7-6-8-10-19)22(35)15-30(39,42-23)14-21(34)17(3)4/h6-12,16-18,20-28,34-37,39H,13-15,31H2,1-5H3,(H2,32,33,38)/b12-11+/t18?,20?,21?,22-,23-,24?,25+,26?,27?,28?,30?/m0/s1. The number of nitrogens with one attached hydrogen (secondary N) is 2. The minimum absolute atomic E-state index is 0.0232. The van der Waals surface area contributed by atoms with Crippen LogP contribution >= 0.6 is 0 Å². The molecule has 12 heteroatoms. The fraction of sp³-hybridized carbons (Fsp3) is 0.700. The molecule has 3 rings (SSSR count). The lowest BCUT2D eigenvalue weighted by Gasteiger charge is -2.46. The van der Waals surface area contributed by atoms with Crippen molar-refractivity contribution in [2.75, 3.05) is 5.32 Å². The third-order valence-corrected chi connectivity index (χ3v) is 7.72. The number of nitrogens with two attached hydrogens (primary N) is 1.